The van der Waals surface area contributed by atoms with Crippen molar-refractivity contribution < 1.29 is 19.1 Å². The fourth-order valence-electron chi connectivity index (χ4n) is 1.72. The van der Waals surface area contributed by atoms with Gasteiger partial charge in [-0.25, -0.2) is 0 Å². The van der Waals surface area contributed by atoms with Crippen molar-refractivity contribution in [2.24, 2.45) is 0 Å². The maximum Gasteiger partial charge on any atom is 0.323 e. The number of nitrogens with zero attached hydrogens (tertiary/aromatic N) is 3. The van der Waals surface area contributed by atoms with E-state index in [0.29, 0.717) is 37.9 Å². The highest BCUT2D eigenvalue weighted by molar-refractivity contribution is 5.73. The minimum atomic E-state index is -0.889. The summed E-state index contributed by atoms with van der Waals surface area (Å²) in [5.74, 6) is 0.134. The number of rotatable bonds is 4. The van der Waals surface area contributed by atoms with Gasteiger partial charge in [-0.1, -0.05) is 6.92 Å². The van der Waals surface area contributed by atoms with Crippen LogP contribution >= 0.6 is 0 Å². The summed E-state index contributed by atoms with van der Waals surface area (Å²) in [5, 5.41) is 16.8. The van der Waals surface area contributed by atoms with E-state index < -0.39 is 12.0 Å². The first kappa shape index (κ1) is 12.0. The van der Waals surface area contributed by atoms with E-state index in [1.165, 1.54) is 0 Å². The van der Waals surface area contributed by atoms with Gasteiger partial charge in [-0.3, -0.25) is 9.69 Å². The molecule has 17 heavy (non-hydrogen) atoms. The van der Waals surface area contributed by atoms with Crippen molar-refractivity contribution in [3.8, 4) is 0 Å². The highest BCUT2D eigenvalue weighted by Crippen LogP contribution is 2.12. The number of aryl methyl sites for hydroxylation is 1. The Morgan fingerprint density at radius 2 is 2.29 bits per heavy atom. The average Bonchev–Trinajstić information content (AvgIpc) is 2.77. The first-order chi connectivity index (χ1) is 8.20. The monoisotopic (exact) mass is 241 g/mol. The van der Waals surface area contributed by atoms with Gasteiger partial charge >= 0.3 is 5.97 Å². The van der Waals surface area contributed by atoms with E-state index in [-0.39, 0.29) is 6.61 Å². The summed E-state index contributed by atoms with van der Waals surface area (Å²) in [5.41, 5.74) is 0. The number of carboxylic acid groups (broad SMARTS) is 1. The number of hydrogen-bond donors (Lipinski definition) is 1. The Morgan fingerprint density at radius 1 is 1.53 bits per heavy atom. The van der Waals surface area contributed by atoms with Gasteiger partial charge in [0.05, 0.1) is 19.8 Å². The van der Waals surface area contributed by atoms with Gasteiger partial charge in [0.1, 0.15) is 6.04 Å². The number of ether oxygens (including phenoxy) is 1. The van der Waals surface area contributed by atoms with E-state index >= 15 is 0 Å². The molecule has 0 bridgehead atoms. The fourth-order valence-corrected chi connectivity index (χ4v) is 1.72. The fraction of sp³-hybridized carbons (Fsp3) is 0.700. The molecule has 7 nitrogen and oxygen atoms in total. The minimum absolute atomic E-state index is 0.199. The van der Waals surface area contributed by atoms with Crippen LogP contribution in [0, 0.1) is 0 Å². The molecule has 0 aromatic carbocycles. The Balaban J connectivity index is 2.02. The van der Waals surface area contributed by atoms with E-state index in [9.17, 15) is 4.79 Å². The maximum atomic E-state index is 11.0. The standard InChI is InChI=1S/C10H15N3O4/c1-2-8-11-12-9(17-8)5-13-3-4-16-6-7(13)10(14)15/h7H,2-6H2,1H3,(H,14,15). The number of aliphatic carboxylic acids is 1. The minimum Gasteiger partial charge on any atom is -0.480 e. The predicted molar refractivity (Wildman–Crippen MR) is 56.3 cm³/mol. The molecule has 1 aliphatic heterocycles. The Morgan fingerprint density at radius 3 is 2.94 bits per heavy atom. The van der Waals surface area contributed by atoms with Gasteiger partial charge in [-0.05, 0) is 0 Å². The van der Waals surface area contributed by atoms with Crippen molar-refractivity contribution in [3.63, 3.8) is 0 Å². The molecule has 2 rings (SSSR count). The first-order valence-corrected chi connectivity index (χ1v) is 5.56. The topological polar surface area (TPSA) is 88.7 Å². The molecule has 7 heteroatoms. The van der Waals surface area contributed by atoms with Crippen LogP contribution in [0.15, 0.2) is 4.42 Å². The van der Waals surface area contributed by atoms with Gasteiger partial charge in [-0.2, -0.15) is 0 Å². The van der Waals surface area contributed by atoms with E-state index in [0.717, 1.165) is 0 Å². The quantitative estimate of drug-likeness (QED) is 0.788. The number of aromatic nitrogens is 2. The molecule has 0 amide bonds. The molecule has 2 heterocycles. The van der Waals surface area contributed by atoms with Crippen molar-refractivity contribution in [1.29, 1.82) is 0 Å². The zero-order chi connectivity index (χ0) is 12.3. The predicted octanol–water partition coefficient (Wildman–Crippen LogP) is -0.0826. The summed E-state index contributed by atoms with van der Waals surface area (Å²) >= 11 is 0. The molecule has 1 atom stereocenters. The highest BCUT2D eigenvalue weighted by Gasteiger charge is 2.30. The summed E-state index contributed by atoms with van der Waals surface area (Å²) in [6, 6.07) is -0.638. The van der Waals surface area contributed by atoms with Gasteiger partial charge < -0.3 is 14.3 Å². The zero-order valence-electron chi connectivity index (χ0n) is 9.63. The number of carbonyl (C=O) groups is 1. The third kappa shape index (κ3) is 2.80. The Kier molecular flexibility index (Phi) is 3.70. The van der Waals surface area contributed by atoms with Gasteiger partial charge in [0.25, 0.3) is 0 Å². The lowest BCUT2D eigenvalue weighted by Gasteiger charge is -2.31. The molecule has 0 aliphatic carbocycles. The van der Waals surface area contributed by atoms with Crippen LogP contribution in [0.25, 0.3) is 0 Å². The molecule has 1 fully saturated rings. The highest BCUT2D eigenvalue weighted by atomic mass is 16.5. The molecule has 0 radical (unpaired) electrons. The zero-order valence-corrected chi connectivity index (χ0v) is 9.63. The smallest absolute Gasteiger partial charge is 0.323 e. The molecule has 0 spiro atoms. The number of morpholine rings is 1. The summed E-state index contributed by atoms with van der Waals surface area (Å²) in [6.45, 7) is 3.56. The van der Waals surface area contributed by atoms with Crippen LogP contribution < -0.4 is 0 Å². The van der Waals surface area contributed by atoms with Gasteiger partial charge in [0, 0.05) is 13.0 Å². The molecule has 1 N–H and O–H groups in total. The van der Waals surface area contributed by atoms with Crippen molar-refractivity contribution in [3.05, 3.63) is 11.8 Å². The molecular formula is C10H15N3O4. The first-order valence-electron chi connectivity index (χ1n) is 5.56. The van der Waals surface area contributed by atoms with Gasteiger partial charge in [-0.15, -0.1) is 10.2 Å². The third-order valence-electron chi connectivity index (χ3n) is 2.67. The third-order valence-corrected chi connectivity index (χ3v) is 2.67. The molecule has 1 aliphatic rings. The lowest BCUT2D eigenvalue weighted by atomic mass is 10.2. The van der Waals surface area contributed by atoms with Crippen LogP contribution in [0.2, 0.25) is 0 Å². The van der Waals surface area contributed by atoms with Crippen LogP contribution in [0.3, 0.4) is 0 Å². The normalized spacial score (nSPS) is 21.6. The van der Waals surface area contributed by atoms with Crippen LogP contribution in [0.4, 0.5) is 0 Å². The number of carboxylic acids is 1. The molecular weight excluding hydrogens is 226 g/mol. The second kappa shape index (κ2) is 5.24. The molecule has 1 aromatic rings. The van der Waals surface area contributed by atoms with E-state index in [1.807, 2.05) is 6.92 Å². The van der Waals surface area contributed by atoms with Crippen molar-refractivity contribution in [1.82, 2.24) is 15.1 Å². The van der Waals surface area contributed by atoms with Crippen LogP contribution in [-0.2, 0) is 22.5 Å². The van der Waals surface area contributed by atoms with Gasteiger partial charge in [0.2, 0.25) is 11.8 Å². The average molecular weight is 241 g/mol. The van der Waals surface area contributed by atoms with Gasteiger partial charge in [0.15, 0.2) is 0 Å². The van der Waals surface area contributed by atoms with Crippen molar-refractivity contribution in [2.75, 3.05) is 19.8 Å². The Hall–Kier alpha value is -1.47. The van der Waals surface area contributed by atoms with E-state index in [1.54, 1.807) is 4.90 Å². The molecule has 1 aromatic heterocycles. The maximum absolute atomic E-state index is 11.0. The second-order valence-electron chi connectivity index (χ2n) is 3.84. The molecule has 0 saturated carbocycles. The molecule has 94 valence electrons. The van der Waals surface area contributed by atoms with Crippen LogP contribution in [0.5, 0.6) is 0 Å². The summed E-state index contributed by atoms with van der Waals surface area (Å²) < 4.78 is 10.5. The second-order valence-corrected chi connectivity index (χ2v) is 3.84. The largest absolute Gasteiger partial charge is 0.480 e. The lowest BCUT2D eigenvalue weighted by Crippen LogP contribution is -2.49. The molecule has 1 unspecified atom stereocenters. The molecule has 1 saturated heterocycles. The van der Waals surface area contributed by atoms with Crippen molar-refractivity contribution >= 4 is 5.97 Å². The number of hydrogen-bond acceptors (Lipinski definition) is 6. The summed E-state index contributed by atoms with van der Waals surface area (Å²) in [6.07, 6.45) is 0.679. The van der Waals surface area contributed by atoms with Crippen LogP contribution in [-0.4, -0.2) is 52.0 Å². The van der Waals surface area contributed by atoms with Crippen LogP contribution in [0.1, 0.15) is 18.7 Å². The Labute approximate surface area is 98.4 Å². The van der Waals surface area contributed by atoms with E-state index in [4.69, 9.17) is 14.3 Å². The summed E-state index contributed by atoms with van der Waals surface area (Å²) in [7, 11) is 0. The summed E-state index contributed by atoms with van der Waals surface area (Å²) in [4.78, 5) is 12.8. The van der Waals surface area contributed by atoms with Crippen molar-refractivity contribution in [2.45, 2.75) is 25.9 Å². The lowest BCUT2D eigenvalue weighted by molar-refractivity contribution is -0.150. The SMILES string of the molecule is CCc1nnc(CN2CCOCC2C(=O)O)o1. The Bertz CT molecular complexity index is 393. The van der Waals surface area contributed by atoms with E-state index in [2.05, 4.69) is 10.2 Å².